The Bertz CT molecular complexity index is 288. The zero-order chi connectivity index (χ0) is 8.81. The van der Waals surface area contributed by atoms with Crippen LogP contribution in [0.25, 0.3) is 0 Å². The molecule has 0 saturated heterocycles. The third-order valence-electron chi connectivity index (χ3n) is 1.56. The monoisotopic (exact) mass is 161 g/mol. The Balaban J connectivity index is 2.77. The molecule has 0 spiro atoms. The fourth-order valence-electron chi connectivity index (χ4n) is 0.942. The second-order valence-corrected chi connectivity index (χ2v) is 2.40. The minimum absolute atomic E-state index is 0.512. The standard InChI is InChI=1S/C9H11N3/c1-2-11-7-8-4-3-5-12-9(8)6-10/h3-5,11H,2,7H2,1H3. The van der Waals surface area contributed by atoms with Gasteiger partial charge in [0.15, 0.2) is 0 Å². The number of nitriles is 1. The number of hydrogen-bond donors (Lipinski definition) is 1. The Hall–Kier alpha value is -1.40. The van der Waals surface area contributed by atoms with Gasteiger partial charge in [-0.25, -0.2) is 4.98 Å². The van der Waals surface area contributed by atoms with Gasteiger partial charge in [0.25, 0.3) is 0 Å². The number of nitrogens with one attached hydrogen (secondary N) is 1. The summed E-state index contributed by atoms with van der Waals surface area (Å²) < 4.78 is 0. The molecule has 1 N–H and O–H groups in total. The first kappa shape index (κ1) is 8.69. The molecule has 1 aromatic heterocycles. The molecule has 0 aliphatic heterocycles. The summed E-state index contributed by atoms with van der Waals surface area (Å²) in [7, 11) is 0. The minimum Gasteiger partial charge on any atom is -0.313 e. The Morgan fingerprint density at radius 2 is 2.50 bits per heavy atom. The van der Waals surface area contributed by atoms with Crippen LogP contribution in [0.15, 0.2) is 18.3 Å². The zero-order valence-corrected chi connectivity index (χ0v) is 7.04. The molecular weight excluding hydrogens is 150 g/mol. The van der Waals surface area contributed by atoms with Crippen molar-refractivity contribution >= 4 is 0 Å². The van der Waals surface area contributed by atoms with E-state index in [9.17, 15) is 0 Å². The lowest BCUT2D eigenvalue weighted by atomic mass is 10.2. The van der Waals surface area contributed by atoms with E-state index in [1.807, 2.05) is 19.1 Å². The minimum atomic E-state index is 0.512. The summed E-state index contributed by atoms with van der Waals surface area (Å²) in [5.74, 6) is 0. The van der Waals surface area contributed by atoms with Crippen molar-refractivity contribution in [3.8, 4) is 6.07 Å². The molecule has 1 aromatic rings. The van der Waals surface area contributed by atoms with Crippen molar-refractivity contribution in [2.24, 2.45) is 0 Å². The third-order valence-corrected chi connectivity index (χ3v) is 1.56. The van der Waals surface area contributed by atoms with Crippen LogP contribution in [-0.2, 0) is 6.54 Å². The molecule has 62 valence electrons. The molecule has 1 heterocycles. The largest absolute Gasteiger partial charge is 0.313 e. The van der Waals surface area contributed by atoms with Crippen molar-refractivity contribution in [2.45, 2.75) is 13.5 Å². The number of rotatable bonds is 3. The Morgan fingerprint density at radius 3 is 3.17 bits per heavy atom. The Kier molecular flexibility index (Phi) is 3.24. The van der Waals surface area contributed by atoms with Crippen LogP contribution in [-0.4, -0.2) is 11.5 Å². The number of nitrogens with zero attached hydrogens (tertiary/aromatic N) is 2. The molecule has 1 rings (SSSR count). The maximum absolute atomic E-state index is 8.68. The second-order valence-electron chi connectivity index (χ2n) is 2.40. The molecule has 0 saturated carbocycles. The molecule has 0 bridgehead atoms. The van der Waals surface area contributed by atoms with Crippen LogP contribution in [0.1, 0.15) is 18.2 Å². The summed E-state index contributed by atoms with van der Waals surface area (Å²) in [5, 5.41) is 11.8. The van der Waals surface area contributed by atoms with E-state index in [-0.39, 0.29) is 0 Å². The molecule has 0 aliphatic carbocycles. The fraction of sp³-hybridized carbons (Fsp3) is 0.333. The van der Waals surface area contributed by atoms with Crippen LogP contribution in [0.4, 0.5) is 0 Å². The molecular formula is C9H11N3. The summed E-state index contributed by atoms with van der Waals surface area (Å²) in [5.41, 5.74) is 1.47. The summed E-state index contributed by atoms with van der Waals surface area (Å²) in [6.45, 7) is 3.65. The molecule has 0 aliphatic rings. The first-order valence-electron chi connectivity index (χ1n) is 3.93. The number of hydrogen-bond acceptors (Lipinski definition) is 3. The van der Waals surface area contributed by atoms with Gasteiger partial charge in [-0.05, 0) is 12.6 Å². The summed E-state index contributed by atoms with van der Waals surface area (Å²) in [4.78, 5) is 3.95. The van der Waals surface area contributed by atoms with Gasteiger partial charge in [-0.15, -0.1) is 0 Å². The van der Waals surface area contributed by atoms with Gasteiger partial charge in [-0.1, -0.05) is 13.0 Å². The van der Waals surface area contributed by atoms with E-state index in [2.05, 4.69) is 16.4 Å². The van der Waals surface area contributed by atoms with Crippen LogP contribution in [0.3, 0.4) is 0 Å². The van der Waals surface area contributed by atoms with E-state index >= 15 is 0 Å². The van der Waals surface area contributed by atoms with Crippen molar-refractivity contribution in [1.29, 1.82) is 5.26 Å². The lowest BCUT2D eigenvalue weighted by Crippen LogP contribution is -2.13. The van der Waals surface area contributed by atoms with E-state index in [0.717, 1.165) is 12.1 Å². The molecule has 0 fully saturated rings. The lowest BCUT2D eigenvalue weighted by Gasteiger charge is -2.01. The second kappa shape index (κ2) is 4.47. The van der Waals surface area contributed by atoms with E-state index < -0.39 is 0 Å². The average Bonchev–Trinajstić information content (AvgIpc) is 2.15. The first-order valence-corrected chi connectivity index (χ1v) is 3.93. The van der Waals surface area contributed by atoms with E-state index in [4.69, 9.17) is 5.26 Å². The van der Waals surface area contributed by atoms with Crippen LogP contribution >= 0.6 is 0 Å². The average molecular weight is 161 g/mol. The van der Waals surface area contributed by atoms with Crippen LogP contribution in [0.2, 0.25) is 0 Å². The fourth-order valence-corrected chi connectivity index (χ4v) is 0.942. The van der Waals surface area contributed by atoms with Gasteiger partial charge in [0.05, 0.1) is 0 Å². The van der Waals surface area contributed by atoms with Crippen molar-refractivity contribution in [1.82, 2.24) is 10.3 Å². The van der Waals surface area contributed by atoms with E-state index in [1.54, 1.807) is 6.20 Å². The SMILES string of the molecule is CCNCc1cccnc1C#N. The summed E-state index contributed by atoms with van der Waals surface area (Å²) in [6.07, 6.45) is 1.63. The number of aromatic nitrogens is 1. The van der Waals surface area contributed by atoms with Crippen molar-refractivity contribution in [3.05, 3.63) is 29.6 Å². The molecule has 0 amide bonds. The lowest BCUT2D eigenvalue weighted by molar-refractivity contribution is 0.722. The molecule has 0 aromatic carbocycles. The molecule has 0 radical (unpaired) electrons. The van der Waals surface area contributed by atoms with Gasteiger partial charge >= 0.3 is 0 Å². The smallest absolute Gasteiger partial charge is 0.144 e. The summed E-state index contributed by atoms with van der Waals surface area (Å²) in [6, 6.07) is 5.81. The van der Waals surface area contributed by atoms with E-state index in [0.29, 0.717) is 12.2 Å². The highest BCUT2D eigenvalue weighted by Gasteiger charge is 1.99. The highest BCUT2D eigenvalue weighted by Crippen LogP contribution is 2.02. The molecule has 3 nitrogen and oxygen atoms in total. The summed E-state index contributed by atoms with van der Waals surface area (Å²) >= 11 is 0. The maximum Gasteiger partial charge on any atom is 0.144 e. The van der Waals surface area contributed by atoms with Crippen molar-refractivity contribution in [3.63, 3.8) is 0 Å². The maximum atomic E-state index is 8.68. The normalized spacial score (nSPS) is 9.33. The highest BCUT2D eigenvalue weighted by molar-refractivity contribution is 5.30. The van der Waals surface area contributed by atoms with Gasteiger partial charge in [0.1, 0.15) is 11.8 Å². The molecule has 3 heteroatoms. The molecule has 12 heavy (non-hydrogen) atoms. The van der Waals surface area contributed by atoms with Crippen molar-refractivity contribution in [2.75, 3.05) is 6.54 Å². The quantitative estimate of drug-likeness (QED) is 0.721. The Labute approximate surface area is 72.1 Å². The first-order chi connectivity index (χ1) is 5.88. The predicted octanol–water partition coefficient (Wildman–Crippen LogP) is 1.06. The van der Waals surface area contributed by atoms with Gasteiger partial charge in [-0.2, -0.15) is 5.26 Å². The van der Waals surface area contributed by atoms with Crippen molar-refractivity contribution < 1.29 is 0 Å². The molecule has 0 atom stereocenters. The zero-order valence-electron chi connectivity index (χ0n) is 7.04. The predicted molar refractivity (Wildman–Crippen MR) is 46.3 cm³/mol. The van der Waals surface area contributed by atoms with Gasteiger partial charge in [0, 0.05) is 18.3 Å². The van der Waals surface area contributed by atoms with Gasteiger partial charge in [0.2, 0.25) is 0 Å². The van der Waals surface area contributed by atoms with Crippen LogP contribution in [0.5, 0.6) is 0 Å². The van der Waals surface area contributed by atoms with Crippen LogP contribution in [0, 0.1) is 11.3 Å². The number of pyridine rings is 1. The topological polar surface area (TPSA) is 48.7 Å². The molecule has 0 unspecified atom stereocenters. The van der Waals surface area contributed by atoms with Crippen LogP contribution < -0.4 is 5.32 Å². The third kappa shape index (κ3) is 2.04. The van der Waals surface area contributed by atoms with Gasteiger partial charge < -0.3 is 5.32 Å². The van der Waals surface area contributed by atoms with E-state index in [1.165, 1.54) is 0 Å². The van der Waals surface area contributed by atoms with Gasteiger partial charge in [-0.3, -0.25) is 0 Å². The Morgan fingerprint density at radius 1 is 1.67 bits per heavy atom. The highest BCUT2D eigenvalue weighted by atomic mass is 14.8.